The first-order valence-electron chi connectivity index (χ1n) is 6.46. The quantitative estimate of drug-likeness (QED) is 0.747. The molecule has 0 aliphatic rings. The Labute approximate surface area is 114 Å². The highest BCUT2D eigenvalue weighted by Crippen LogP contribution is 2.04. The number of carbonyl (C=O) groups is 1. The van der Waals surface area contributed by atoms with Gasteiger partial charge < -0.3 is 15.5 Å². The summed E-state index contributed by atoms with van der Waals surface area (Å²) in [7, 11) is 3.68. The lowest BCUT2D eigenvalue weighted by Gasteiger charge is -2.17. The molecule has 0 aliphatic carbocycles. The van der Waals surface area contributed by atoms with E-state index in [4.69, 9.17) is 0 Å². The summed E-state index contributed by atoms with van der Waals surface area (Å²) >= 11 is 0. The fourth-order valence-electron chi connectivity index (χ4n) is 1.50. The SMILES string of the molecule is CNCc1cnc(N(C)CC(=O)NCC(C)C)nc1. The number of aromatic nitrogens is 2. The van der Waals surface area contributed by atoms with Gasteiger partial charge in [0.05, 0.1) is 6.54 Å². The van der Waals surface area contributed by atoms with Gasteiger partial charge in [-0.1, -0.05) is 13.8 Å². The first-order valence-corrected chi connectivity index (χ1v) is 6.46. The number of nitrogens with zero attached hydrogens (tertiary/aromatic N) is 3. The standard InChI is InChI=1S/C13H23N5O/c1-10(2)5-15-12(19)9-18(4)13-16-7-11(6-14-3)8-17-13/h7-8,10,14H,5-6,9H2,1-4H3,(H,15,19). The van der Waals surface area contributed by atoms with Gasteiger partial charge in [-0.25, -0.2) is 9.97 Å². The van der Waals surface area contributed by atoms with Crippen molar-refractivity contribution in [2.24, 2.45) is 5.92 Å². The van der Waals surface area contributed by atoms with Gasteiger partial charge in [0, 0.05) is 38.1 Å². The Hall–Kier alpha value is -1.69. The van der Waals surface area contributed by atoms with Crippen molar-refractivity contribution in [3.63, 3.8) is 0 Å². The molecule has 0 unspecified atom stereocenters. The van der Waals surface area contributed by atoms with Crippen LogP contribution in [0.5, 0.6) is 0 Å². The molecular formula is C13H23N5O. The third-order valence-corrected chi connectivity index (χ3v) is 2.50. The minimum atomic E-state index is -0.0147. The number of carbonyl (C=O) groups excluding carboxylic acids is 1. The van der Waals surface area contributed by atoms with Crippen molar-refractivity contribution in [2.75, 3.05) is 32.1 Å². The molecule has 2 N–H and O–H groups in total. The molecule has 0 aliphatic heterocycles. The average Bonchev–Trinajstić information content (AvgIpc) is 2.37. The highest BCUT2D eigenvalue weighted by Gasteiger charge is 2.09. The molecule has 1 aromatic heterocycles. The van der Waals surface area contributed by atoms with Crippen LogP contribution in [0.2, 0.25) is 0 Å². The smallest absolute Gasteiger partial charge is 0.239 e. The monoisotopic (exact) mass is 265 g/mol. The van der Waals surface area contributed by atoms with Gasteiger partial charge in [-0.2, -0.15) is 0 Å². The van der Waals surface area contributed by atoms with E-state index in [0.717, 1.165) is 12.1 Å². The van der Waals surface area contributed by atoms with E-state index in [0.29, 0.717) is 18.4 Å². The fourth-order valence-corrected chi connectivity index (χ4v) is 1.50. The average molecular weight is 265 g/mol. The molecule has 1 heterocycles. The number of hydrogen-bond acceptors (Lipinski definition) is 5. The van der Waals surface area contributed by atoms with Crippen LogP contribution in [0.15, 0.2) is 12.4 Å². The second-order valence-electron chi connectivity index (χ2n) is 4.98. The molecule has 6 nitrogen and oxygen atoms in total. The third kappa shape index (κ3) is 5.65. The van der Waals surface area contributed by atoms with E-state index in [2.05, 4.69) is 34.4 Å². The molecule has 1 rings (SSSR count). The molecule has 1 aromatic rings. The van der Waals surface area contributed by atoms with Crippen LogP contribution in [0.25, 0.3) is 0 Å². The second kappa shape index (κ2) is 7.68. The summed E-state index contributed by atoms with van der Waals surface area (Å²) < 4.78 is 0. The molecular weight excluding hydrogens is 242 g/mol. The van der Waals surface area contributed by atoms with Crippen LogP contribution < -0.4 is 15.5 Å². The van der Waals surface area contributed by atoms with Crippen LogP contribution in [0, 0.1) is 5.92 Å². The molecule has 0 spiro atoms. The number of likely N-dealkylation sites (N-methyl/N-ethyl adjacent to an activating group) is 1. The van der Waals surface area contributed by atoms with E-state index in [1.807, 2.05) is 14.1 Å². The van der Waals surface area contributed by atoms with Gasteiger partial charge in [-0.05, 0) is 13.0 Å². The number of hydrogen-bond donors (Lipinski definition) is 2. The Bertz CT molecular complexity index is 391. The molecule has 0 saturated carbocycles. The number of nitrogens with one attached hydrogen (secondary N) is 2. The van der Waals surface area contributed by atoms with Gasteiger partial charge in [-0.15, -0.1) is 0 Å². The van der Waals surface area contributed by atoms with E-state index in [9.17, 15) is 4.79 Å². The van der Waals surface area contributed by atoms with Crippen LogP contribution in [0.4, 0.5) is 5.95 Å². The topological polar surface area (TPSA) is 70.2 Å². The lowest BCUT2D eigenvalue weighted by atomic mass is 10.2. The highest BCUT2D eigenvalue weighted by atomic mass is 16.2. The van der Waals surface area contributed by atoms with E-state index in [1.54, 1.807) is 17.3 Å². The second-order valence-corrected chi connectivity index (χ2v) is 4.98. The van der Waals surface area contributed by atoms with Gasteiger partial charge in [-0.3, -0.25) is 4.79 Å². The van der Waals surface area contributed by atoms with Gasteiger partial charge in [0.25, 0.3) is 0 Å². The van der Waals surface area contributed by atoms with Crippen molar-refractivity contribution >= 4 is 11.9 Å². The summed E-state index contributed by atoms with van der Waals surface area (Å²) in [6.07, 6.45) is 3.53. The minimum absolute atomic E-state index is 0.0147. The Balaban J connectivity index is 2.48. The Morgan fingerprint density at radius 1 is 1.37 bits per heavy atom. The summed E-state index contributed by atoms with van der Waals surface area (Å²) in [5.74, 6) is 0.991. The van der Waals surface area contributed by atoms with Crippen molar-refractivity contribution in [3.8, 4) is 0 Å². The Kier molecular flexibility index (Phi) is 6.21. The summed E-state index contributed by atoms with van der Waals surface area (Å²) in [5, 5.41) is 5.90. The first kappa shape index (κ1) is 15.4. The Morgan fingerprint density at radius 3 is 2.53 bits per heavy atom. The van der Waals surface area contributed by atoms with E-state index < -0.39 is 0 Å². The predicted molar refractivity (Wildman–Crippen MR) is 75.9 cm³/mol. The molecule has 1 amide bonds. The summed E-state index contributed by atoms with van der Waals surface area (Å²) in [5.41, 5.74) is 1.02. The summed E-state index contributed by atoms with van der Waals surface area (Å²) in [4.78, 5) is 21.9. The van der Waals surface area contributed by atoms with Crippen molar-refractivity contribution < 1.29 is 4.79 Å². The molecule has 0 saturated heterocycles. The highest BCUT2D eigenvalue weighted by molar-refractivity contribution is 5.80. The van der Waals surface area contributed by atoms with Gasteiger partial charge in [0.15, 0.2) is 0 Å². The number of anilines is 1. The van der Waals surface area contributed by atoms with E-state index in [-0.39, 0.29) is 12.5 Å². The van der Waals surface area contributed by atoms with Crippen LogP contribution in [0.1, 0.15) is 19.4 Å². The van der Waals surface area contributed by atoms with Crippen LogP contribution >= 0.6 is 0 Å². The zero-order valence-corrected chi connectivity index (χ0v) is 12.1. The zero-order chi connectivity index (χ0) is 14.3. The normalized spacial score (nSPS) is 10.6. The number of amides is 1. The van der Waals surface area contributed by atoms with Gasteiger partial charge >= 0.3 is 0 Å². The molecule has 106 valence electrons. The van der Waals surface area contributed by atoms with Crippen LogP contribution in [0.3, 0.4) is 0 Å². The zero-order valence-electron chi connectivity index (χ0n) is 12.1. The molecule has 0 bridgehead atoms. The van der Waals surface area contributed by atoms with Crippen molar-refractivity contribution in [3.05, 3.63) is 18.0 Å². The van der Waals surface area contributed by atoms with Crippen molar-refractivity contribution in [2.45, 2.75) is 20.4 Å². The predicted octanol–water partition coefficient (Wildman–Crippen LogP) is 0.404. The van der Waals surface area contributed by atoms with Crippen molar-refractivity contribution in [1.29, 1.82) is 0 Å². The van der Waals surface area contributed by atoms with Gasteiger partial charge in [0.2, 0.25) is 11.9 Å². The summed E-state index contributed by atoms with van der Waals surface area (Å²) in [6.45, 7) is 5.81. The molecule has 19 heavy (non-hydrogen) atoms. The van der Waals surface area contributed by atoms with Gasteiger partial charge in [0.1, 0.15) is 0 Å². The fraction of sp³-hybridized carbons (Fsp3) is 0.615. The molecule has 0 aromatic carbocycles. The largest absolute Gasteiger partial charge is 0.354 e. The molecule has 0 atom stereocenters. The number of rotatable bonds is 7. The maximum Gasteiger partial charge on any atom is 0.239 e. The maximum atomic E-state index is 11.7. The lowest BCUT2D eigenvalue weighted by Crippen LogP contribution is -2.37. The van der Waals surface area contributed by atoms with E-state index in [1.165, 1.54) is 0 Å². The first-order chi connectivity index (χ1) is 9.02. The van der Waals surface area contributed by atoms with Crippen LogP contribution in [-0.4, -0.2) is 43.1 Å². The lowest BCUT2D eigenvalue weighted by molar-refractivity contribution is -0.119. The maximum absolute atomic E-state index is 11.7. The third-order valence-electron chi connectivity index (χ3n) is 2.50. The molecule has 0 radical (unpaired) electrons. The van der Waals surface area contributed by atoms with E-state index >= 15 is 0 Å². The molecule has 0 fully saturated rings. The Morgan fingerprint density at radius 2 is 2.00 bits per heavy atom. The summed E-state index contributed by atoms with van der Waals surface area (Å²) in [6, 6.07) is 0. The minimum Gasteiger partial charge on any atom is -0.354 e. The molecule has 6 heteroatoms. The van der Waals surface area contributed by atoms with Crippen LogP contribution in [-0.2, 0) is 11.3 Å². The van der Waals surface area contributed by atoms with Crippen molar-refractivity contribution in [1.82, 2.24) is 20.6 Å².